The second-order valence-corrected chi connectivity index (χ2v) is 2.54. The summed E-state index contributed by atoms with van der Waals surface area (Å²) in [7, 11) is 0. The van der Waals surface area contributed by atoms with Crippen LogP contribution in [-0.2, 0) is 9.53 Å². The van der Waals surface area contributed by atoms with Crippen molar-refractivity contribution in [2.24, 2.45) is 0 Å². The van der Waals surface area contributed by atoms with Crippen molar-refractivity contribution in [3.05, 3.63) is 23.5 Å². The average Bonchev–Trinajstić information content (AvgIpc) is 2.31. The maximum absolute atomic E-state index is 10.9. The van der Waals surface area contributed by atoms with Crippen molar-refractivity contribution in [3.63, 3.8) is 0 Å². The first-order chi connectivity index (χ1) is 5.25. The Hall–Kier alpha value is -1.05. The second-order valence-electron chi connectivity index (χ2n) is 2.54. The van der Waals surface area contributed by atoms with Crippen molar-refractivity contribution in [1.82, 2.24) is 0 Å². The molecular weight excluding hydrogens is 140 g/mol. The van der Waals surface area contributed by atoms with Crippen LogP contribution in [0, 0.1) is 0 Å². The summed E-state index contributed by atoms with van der Waals surface area (Å²) in [6.07, 6.45) is 4.24. The van der Waals surface area contributed by atoms with Crippen LogP contribution in [0.1, 0.15) is 20.3 Å². The number of carbonyl (C=O) groups excluding carboxylic acids is 1. The highest BCUT2D eigenvalue weighted by molar-refractivity contribution is 6.07. The highest BCUT2D eigenvalue weighted by Gasteiger charge is 2.13. The third kappa shape index (κ3) is 1.70. The van der Waals surface area contributed by atoms with Gasteiger partial charge >= 0.3 is 0 Å². The molecular formula is C9H12O2. The summed E-state index contributed by atoms with van der Waals surface area (Å²) in [5.74, 6) is 0.799. The van der Waals surface area contributed by atoms with E-state index in [0.29, 0.717) is 6.61 Å². The number of ketones is 1. The Morgan fingerprint density at radius 3 is 2.64 bits per heavy atom. The van der Waals surface area contributed by atoms with Crippen molar-refractivity contribution >= 4 is 5.78 Å². The van der Waals surface area contributed by atoms with Crippen molar-refractivity contribution in [2.75, 3.05) is 6.61 Å². The molecule has 0 amide bonds. The van der Waals surface area contributed by atoms with Gasteiger partial charge in [0.1, 0.15) is 5.76 Å². The van der Waals surface area contributed by atoms with Gasteiger partial charge in [-0.3, -0.25) is 4.79 Å². The zero-order chi connectivity index (χ0) is 8.27. The van der Waals surface area contributed by atoms with E-state index in [1.54, 1.807) is 19.1 Å². The minimum absolute atomic E-state index is 0.0658. The molecule has 0 bridgehead atoms. The highest BCUT2D eigenvalue weighted by Crippen LogP contribution is 2.16. The van der Waals surface area contributed by atoms with Gasteiger partial charge in [-0.25, -0.2) is 0 Å². The van der Waals surface area contributed by atoms with Crippen molar-refractivity contribution in [2.45, 2.75) is 20.3 Å². The molecule has 0 fully saturated rings. The average molecular weight is 152 g/mol. The number of hydrogen-bond donors (Lipinski definition) is 0. The molecule has 0 N–H and O–H groups in total. The normalized spacial score (nSPS) is 16.4. The molecule has 0 radical (unpaired) electrons. The van der Waals surface area contributed by atoms with Crippen LogP contribution >= 0.6 is 0 Å². The van der Waals surface area contributed by atoms with E-state index in [1.165, 1.54) is 0 Å². The fourth-order valence-electron chi connectivity index (χ4n) is 0.891. The van der Waals surface area contributed by atoms with Gasteiger partial charge in [-0.05, 0) is 25.5 Å². The number of hydrogen-bond acceptors (Lipinski definition) is 2. The van der Waals surface area contributed by atoms with Gasteiger partial charge in [0.25, 0.3) is 0 Å². The molecule has 0 aromatic carbocycles. The molecule has 0 aromatic rings. The number of rotatable bonds is 3. The molecule has 0 aliphatic heterocycles. The Labute approximate surface area is 66.5 Å². The van der Waals surface area contributed by atoms with Gasteiger partial charge in [-0.2, -0.15) is 0 Å². The number of carbonyl (C=O) groups is 1. The molecule has 0 heterocycles. The molecule has 60 valence electrons. The van der Waals surface area contributed by atoms with E-state index in [-0.39, 0.29) is 5.78 Å². The minimum Gasteiger partial charge on any atom is -0.493 e. The van der Waals surface area contributed by atoms with Crippen LogP contribution in [0.25, 0.3) is 0 Å². The molecule has 2 heteroatoms. The molecule has 1 rings (SSSR count). The molecule has 1 aliphatic carbocycles. The lowest BCUT2D eigenvalue weighted by molar-refractivity contribution is -0.111. The van der Waals surface area contributed by atoms with Crippen LogP contribution < -0.4 is 0 Å². The van der Waals surface area contributed by atoms with Gasteiger partial charge in [0, 0.05) is 5.57 Å². The van der Waals surface area contributed by atoms with Crippen molar-refractivity contribution in [3.8, 4) is 0 Å². The lowest BCUT2D eigenvalue weighted by atomic mass is 10.2. The first-order valence-corrected chi connectivity index (χ1v) is 3.81. The molecule has 11 heavy (non-hydrogen) atoms. The summed E-state index contributed by atoms with van der Waals surface area (Å²) in [5.41, 5.74) is 0.721. The van der Waals surface area contributed by atoms with E-state index < -0.39 is 0 Å². The molecule has 0 atom stereocenters. The van der Waals surface area contributed by atoms with E-state index >= 15 is 0 Å². The predicted octanol–water partition coefficient (Wildman–Crippen LogP) is 1.83. The van der Waals surface area contributed by atoms with Gasteiger partial charge in [-0.15, -0.1) is 0 Å². The Balaban J connectivity index is 2.57. The lowest BCUT2D eigenvalue weighted by Crippen LogP contribution is -1.95. The Kier molecular flexibility index (Phi) is 2.47. The zero-order valence-electron chi connectivity index (χ0n) is 6.89. The predicted molar refractivity (Wildman–Crippen MR) is 43.1 cm³/mol. The molecule has 1 aliphatic rings. The Morgan fingerprint density at radius 2 is 2.18 bits per heavy atom. The fraction of sp³-hybridized carbons (Fsp3) is 0.444. The summed E-state index contributed by atoms with van der Waals surface area (Å²) in [5, 5.41) is 0. The molecule has 0 spiro atoms. The van der Waals surface area contributed by atoms with Gasteiger partial charge in [0.15, 0.2) is 5.78 Å². The topological polar surface area (TPSA) is 26.3 Å². The number of allylic oxidation sites excluding steroid dienone is 3. The summed E-state index contributed by atoms with van der Waals surface area (Å²) in [6.45, 7) is 4.51. The highest BCUT2D eigenvalue weighted by atomic mass is 16.5. The molecule has 0 unspecified atom stereocenters. The summed E-state index contributed by atoms with van der Waals surface area (Å²) >= 11 is 0. The zero-order valence-corrected chi connectivity index (χ0v) is 6.89. The molecule has 0 saturated heterocycles. The SMILES string of the molecule is CCCOC1=C(C)C(=O)C=C1. The third-order valence-electron chi connectivity index (χ3n) is 1.59. The third-order valence-corrected chi connectivity index (χ3v) is 1.59. The number of ether oxygens (including phenoxy) is 1. The first-order valence-electron chi connectivity index (χ1n) is 3.81. The van der Waals surface area contributed by atoms with Crippen LogP contribution in [0.15, 0.2) is 23.5 Å². The van der Waals surface area contributed by atoms with Crippen molar-refractivity contribution < 1.29 is 9.53 Å². The quantitative estimate of drug-likeness (QED) is 0.616. The maximum atomic E-state index is 10.9. The molecule has 0 saturated carbocycles. The monoisotopic (exact) mass is 152 g/mol. The first kappa shape index (κ1) is 8.05. The van der Waals surface area contributed by atoms with Gasteiger partial charge < -0.3 is 4.74 Å². The Morgan fingerprint density at radius 1 is 1.45 bits per heavy atom. The smallest absolute Gasteiger partial charge is 0.185 e. The van der Waals surface area contributed by atoms with E-state index in [2.05, 4.69) is 0 Å². The van der Waals surface area contributed by atoms with E-state index in [1.807, 2.05) is 6.92 Å². The molecule has 2 nitrogen and oxygen atoms in total. The van der Waals surface area contributed by atoms with Gasteiger partial charge in [0.05, 0.1) is 6.61 Å². The lowest BCUT2D eigenvalue weighted by Gasteiger charge is -2.03. The summed E-state index contributed by atoms with van der Waals surface area (Å²) < 4.78 is 5.31. The van der Waals surface area contributed by atoms with Gasteiger partial charge in [0.2, 0.25) is 0 Å². The van der Waals surface area contributed by atoms with E-state index in [9.17, 15) is 4.79 Å². The molecule has 0 aromatic heterocycles. The largest absolute Gasteiger partial charge is 0.493 e. The van der Waals surface area contributed by atoms with Crippen LogP contribution in [0.5, 0.6) is 0 Å². The standard InChI is InChI=1S/C9H12O2/c1-3-6-11-9-5-4-8(10)7(9)2/h4-5H,3,6H2,1-2H3. The van der Waals surface area contributed by atoms with Crippen LogP contribution in [0.3, 0.4) is 0 Å². The Bertz CT molecular complexity index is 224. The minimum atomic E-state index is 0.0658. The summed E-state index contributed by atoms with van der Waals surface area (Å²) in [6, 6.07) is 0. The van der Waals surface area contributed by atoms with E-state index in [4.69, 9.17) is 4.74 Å². The summed E-state index contributed by atoms with van der Waals surface area (Å²) in [4.78, 5) is 10.9. The van der Waals surface area contributed by atoms with Gasteiger partial charge in [-0.1, -0.05) is 6.92 Å². The maximum Gasteiger partial charge on any atom is 0.185 e. The van der Waals surface area contributed by atoms with Crippen LogP contribution in [0.2, 0.25) is 0 Å². The van der Waals surface area contributed by atoms with E-state index in [0.717, 1.165) is 17.8 Å². The van der Waals surface area contributed by atoms with Crippen LogP contribution in [0.4, 0.5) is 0 Å². The second kappa shape index (κ2) is 3.37. The van der Waals surface area contributed by atoms with Crippen LogP contribution in [-0.4, -0.2) is 12.4 Å². The van der Waals surface area contributed by atoms with Crippen molar-refractivity contribution in [1.29, 1.82) is 0 Å². The fourth-order valence-corrected chi connectivity index (χ4v) is 0.891.